The number of hydrogen-bond acceptors (Lipinski definition) is 4. The average Bonchev–Trinajstić information content (AvgIpc) is 2.70. The molecule has 3 amide bonds. The first kappa shape index (κ1) is 28.5. The summed E-state index contributed by atoms with van der Waals surface area (Å²) in [5.74, 6) is -0.535. The number of rotatable bonds is 10. The predicted molar refractivity (Wildman–Crippen MR) is 132 cm³/mol. The van der Waals surface area contributed by atoms with Gasteiger partial charge in [-0.2, -0.15) is 0 Å². The standard InChI is InChI=1S/C26H43N3O4/c1-10-12-16-27-23(30)22(21-17(3)14-13-15-18(21)4)29(19(5)11-2)24(31)20(6)28-25(32)33-26(7,8)9/h13-15,19-20,22H,10-12,16H2,1-9H3,(H,27,30)(H,28,32). The molecule has 1 rings (SSSR count). The number of aryl methyl sites for hydroxylation is 2. The van der Waals surface area contributed by atoms with Crippen molar-refractivity contribution in [2.24, 2.45) is 0 Å². The molecule has 0 saturated carbocycles. The van der Waals surface area contributed by atoms with Gasteiger partial charge < -0.3 is 20.3 Å². The van der Waals surface area contributed by atoms with Crippen molar-refractivity contribution in [3.8, 4) is 0 Å². The van der Waals surface area contributed by atoms with E-state index in [4.69, 9.17) is 4.74 Å². The molecule has 0 aliphatic carbocycles. The molecule has 0 fully saturated rings. The first-order chi connectivity index (χ1) is 15.3. The second-order valence-electron chi connectivity index (χ2n) is 9.72. The molecule has 3 atom stereocenters. The van der Waals surface area contributed by atoms with Gasteiger partial charge in [0, 0.05) is 12.6 Å². The van der Waals surface area contributed by atoms with Gasteiger partial charge in [0.15, 0.2) is 0 Å². The smallest absolute Gasteiger partial charge is 0.408 e. The number of nitrogens with one attached hydrogen (secondary N) is 2. The van der Waals surface area contributed by atoms with Crippen LogP contribution in [-0.4, -0.2) is 47.0 Å². The van der Waals surface area contributed by atoms with Gasteiger partial charge in [-0.15, -0.1) is 0 Å². The minimum atomic E-state index is -0.857. The third-order valence-corrected chi connectivity index (χ3v) is 5.60. The van der Waals surface area contributed by atoms with Crippen LogP contribution in [0, 0.1) is 13.8 Å². The van der Waals surface area contributed by atoms with E-state index in [1.54, 1.807) is 32.6 Å². The quantitative estimate of drug-likeness (QED) is 0.490. The summed E-state index contributed by atoms with van der Waals surface area (Å²) < 4.78 is 5.32. The Balaban J connectivity index is 3.41. The Labute approximate surface area is 199 Å². The number of carbonyl (C=O) groups excluding carboxylic acids is 3. The van der Waals surface area contributed by atoms with Crippen LogP contribution in [0.15, 0.2) is 18.2 Å². The van der Waals surface area contributed by atoms with Crippen molar-refractivity contribution in [2.75, 3.05) is 6.54 Å². The summed E-state index contributed by atoms with van der Waals surface area (Å²) in [5, 5.41) is 5.66. The van der Waals surface area contributed by atoms with Crippen molar-refractivity contribution in [3.05, 3.63) is 34.9 Å². The summed E-state index contributed by atoms with van der Waals surface area (Å²) >= 11 is 0. The van der Waals surface area contributed by atoms with Crippen LogP contribution in [0.1, 0.15) is 90.5 Å². The lowest BCUT2D eigenvalue weighted by atomic mass is 9.92. The Kier molecular flexibility index (Phi) is 10.9. The summed E-state index contributed by atoms with van der Waals surface area (Å²) in [4.78, 5) is 41.1. The maximum atomic E-state index is 13.7. The SMILES string of the molecule is CCCCNC(=O)C(c1c(C)cccc1C)N(C(=O)C(C)NC(=O)OC(C)(C)C)C(C)CC. The van der Waals surface area contributed by atoms with Gasteiger partial charge in [0.1, 0.15) is 17.7 Å². The molecule has 3 unspecified atom stereocenters. The molecular weight excluding hydrogens is 418 g/mol. The van der Waals surface area contributed by atoms with E-state index < -0.39 is 23.8 Å². The highest BCUT2D eigenvalue weighted by Crippen LogP contribution is 2.30. The Morgan fingerprint density at radius 1 is 1.06 bits per heavy atom. The highest BCUT2D eigenvalue weighted by Gasteiger charge is 2.38. The summed E-state index contributed by atoms with van der Waals surface area (Å²) in [6.07, 6.45) is 1.82. The fourth-order valence-electron chi connectivity index (χ4n) is 3.71. The summed E-state index contributed by atoms with van der Waals surface area (Å²) in [6.45, 7) is 17.3. The zero-order chi connectivity index (χ0) is 25.3. The number of hydrogen-bond donors (Lipinski definition) is 2. The zero-order valence-electron chi connectivity index (χ0n) is 21.9. The van der Waals surface area contributed by atoms with Crippen molar-refractivity contribution in [1.82, 2.24) is 15.5 Å². The molecule has 0 aliphatic rings. The van der Waals surface area contributed by atoms with E-state index in [2.05, 4.69) is 17.6 Å². The van der Waals surface area contributed by atoms with Crippen LogP contribution in [0.2, 0.25) is 0 Å². The van der Waals surface area contributed by atoms with Gasteiger partial charge in [-0.3, -0.25) is 9.59 Å². The number of amides is 3. The van der Waals surface area contributed by atoms with Crippen LogP contribution < -0.4 is 10.6 Å². The van der Waals surface area contributed by atoms with Crippen molar-refractivity contribution < 1.29 is 19.1 Å². The van der Waals surface area contributed by atoms with Crippen molar-refractivity contribution in [3.63, 3.8) is 0 Å². The molecule has 7 nitrogen and oxygen atoms in total. The van der Waals surface area contributed by atoms with Crippen LogP contribution >= 0.6 is 0 Å². The lowest BCUT2D eigenvalue weighted by Crippen LogP contribution is -2.54. The molecule has 1 aromatic rings. The van der Waals surface area contributed by atoms with Crippen LogP contribution in [0.25, 0.3) is 0 Å². The van der Waals surface area contributed by atoms with Gasteiger partial charge in [-0.25, -0.2) is 4.79 Å². The normalized spacial score (nSPS) is 14.1. The maximum absolute atomic E-state index is 13.7. The lowest BCUT2D eigenvalue weighted by Gasteiger charge is -2.38. The Bertz CT molecular complexity index is 796. The molecule has 0 radical (unpaired) electrons. The van der Waals surface area contributed by atoms with Gasteiger partial charge in [-0.1, -0.05) is 38.5 Å². The third-order valence-electron chi connectivity index (χ3n) is 5.60. The van der Waals surface area contributed by atoms with Crippen LogP contribution in [-0.2, 0) is 14.3 Å². The number of benzene rings is 1. The molecule has 0 aromatic heterocycles. The second-order valence-corrected chi connectivity index (χ2v) is 9.72. The van der Waals surface area contributed by atoms with E-state index in [1.165, 1.54) is 0 Å². The van der Waals surface area contributed by atoms with E-state index in [0.717, 1.165) is 29.5 Å². The summed E-state index contributed by atoms with van der Waals surface area (Å²) in [7, 11) is 0. The third kappa shape index (κ3) is 8.37. The topological polar surface area (TPSA) is 87.7 Å². The fourth-order valence-corrected chi connectivity index (χ4v) is 3.71. The monoisotopic (exact) mass is 461 g/mol. The molecule has 2 N–H and O–H groups in total. The first-order valence-electron chi connectivity index (χ1n) is 12.0. The van der Waals surface area contributed by atoms with E-state index in [-0.39, 0.29) is 17.9 Å². The molecule has 0 aliphatic heterocycles. The minimum Gasteiger partial charge on any atom is -0.444 e. The molecule has 186 valence electrons. The molecule has 0 bridgehead atoms. The number of carbonyl (C=O) groups is 3. The largest absolute Gasteiger partial charge is 0.444 e. The van der Waals surface area contributed by atoms with E-state index in [1.807, 2.05) is 45.9 Å². The Morgan fingerprint density at radius 2 is 1.64 bits per heavy atom. The molecule has 0 heterocycles. The van der Waals surface area contributed by atoms with Crippen LogP contribution in [0.3, 0.4) is 0 Å². The summed E-state index contributed by atoms with van der Waals surface area (Å²) in [5.41, 5.74) is 2.03. The average molecular weight is 462 g/mol. The van der Waals surface area contributed by atoms with E-state index in [0.29, 0.717) is 13.0 Å². The first-order valence-corrected chi connectivity index (χ1v) is 12.0. The number of nitrogens with zero attached hydrogens (tertiary/aromatic N) is 1. The fraction of sp³-hybridized carbons (Fsp3) is 0.654. The Hall–Kier alpha value is -2.57. The van der Waals surface area contributed by atoms with Crippen LogP contribution in [0.4, 0.5) is 4.79 Å². The van der Waals surface area contributed by atoms with Gasteiger partial charge in [-0.05, 0) is 78.0 Å². The lowest BCUT2D eigenvalue weighted by molar-refractivity contribution is -0.144. The number of alkyl carbamates (subject to hydrolysis) is 1. The summed E-state index contributed by atoms with van der Waals surface area (Å²) in [6, 6.07) is 3.98. The van der Waals surface area contributed by atoms with Crippen molar-refractivity contribution >= 4 is 17.9 Å². The maximum Gasteiger partial charge on any atom is 0.408 e. The van der Waals surface area contributed by atoms with Gasteiger partial charge in [0.05, 0.1) is 0 Å². The van der Waals surface area contributed by atoms with E-state index >= 15 is 0 Å². The zero-order valence-corrected chi connectivity index (χ0v) is 21.9. The molecule has 1 aromatic carbocycles. The predicted octanol–water partition coefficient (Wildman–Crippen LogP) is 4.80. The highest BCUT2D eigenvalue weighted by atomic mass is 16.6. The van der Waals surface area contributed by atoms with Crippen LogP contribution in [0.5, 0.6) is 0 Å². The van der Waals surface area contributed by atoms with E-state index in [9.17, 15) is 14.4 Å². The van der Waals surface area contributed by atoms with Gasteiger partial charge >= 0.3 is 6.09 Å². The molecular formula is C26H43N3O4. The minimum absolute atomic E-state index is 0.209. The molecule has 0 spiro atoms. The number of unbranched alkanes of at least 4 members (excludes halogenated alkanes) is 1. The second kappa shape index (κ2) is 12.6. The Morgan fingerprint density at radius 3 is 2.12 bits per heavy atom. The van der Waals surface area contributed by atoms with Gasteiger partial charge in [0.25, 0.3) is 0 Å². The molecule has 7 heteroatoms. The molecule has 0 saturated heterocycles. The van der Waals surface area contributed by atoms with Gasteiger partial charge in [0.2, 0.25) is 11.8 Å². The molecule has 33 heavy (non-hydrogen) atoms. The highest BCUT2D eigenvalue weighted by molar-refractivity contribution is 5.92. The number of ether oxygens (including phenoxy) is 1. The van der Waals surface area contributed by atoms with Crippen molar-refractivity contribution in [2.45, 2.75) is 105 Å². The van der Waals surface area contributed by atoms with Crippen molar-refractivity contribution in [1.29, 1.82) is 0 Å².